The first-order valence-corrected chi connectivity index (χ1v) is 4.07. The highest BCUT2D eigenvalue weighted by Crippen LogP contribution is 2.15. The lowest BCUT2D eigenvalue weighted by Gasteiger charge is -2.02. The summed E-state index contributed by atoms with van der Waals surface area (Å²) in [5.41, 5.74) is 2.51. The summed E-state index contributed by atoms with van der Waals surface area (Å²) in [6, 6.07) is 9.23. The lowest BCUT2D eigenvalue weighted by Crippen LogP contribution is -1.87. The molecule has 1 rings (SSSR count). The fourth-order valence-corrected chi connectivity index (χ4v) is 1.06. The molecule has 1 N–H and O–H groups in total. The fourth-order valence-electron chi connectivity index (χ4n) is 1.06. The molecule has 2 nitrogen and oxygen atoms in total. The van der Waals surface area contributed by atoms with Crippen LogP contribution in [-0.4, -0.2) is 11.7 Å². The number of aliphatic hydroxyl groups is 1. The van der Waals surface area contributed by atoms with Crippen molar-refractivity contribution in [2.45, 2.75) is 6.42 Å². The molecule has 0 aliphatic rings. The van der Waals surface area contributed by atoms with E-state index in [2.05, 4.69) is 6.58 Å². The monoisotopic (exact) mass is 173 g/mol. The van der Waals surface area contributed by atoms with Crippen molar-refractivity contribution < 1.29 is 5.11 Å². The second kappa shape index (κ2) is 4.44. The van der Waals surface area contributed by atoms with Gasteiger partial charge < -0.3 is 5.11 Å². The summed E-state index contributed by atoms with van der Waals surface area (Å²) >= 11 is 0. The Morgan fingerprint density at radius 1 is 1.38 bits per heavy atom. The van der Waals surface area contributed by atoms with Crippen LogP contribution in [0.1, 0.15) is 17.5 Å². The maximum atomic E-state index is 8.69. The van der Waals surface area contributed by atoms with E-state index in [0.717, 1.165) is 11.1 Å². The normalized spacial score (nSPS) is 9.23. The number of benzene rings is 1. The molecule has 0 aromatic heterocycles. The fraction of sp³-hybridized carbons (Fsp3) is 0.182. The molecular weight excluding hydrogens is 162 g/mol. The zero-order valence-electron chi connectivity index (χ0n) is 7.33. The molecule has 0 spiro atoms. The molecule has 0 aliphatic carbocycles. The van der Waals surface area contributed by atoms with E-state index in [-0.39, 0.29) is 6.61 Å². The standard InChI is InChI=1S/C11H11NO/c1-9(6-7-13)11-4-2-10(8-12)3-5-11/h2-5,13H,1,6-7H2. The minimum atomic E-state index is 0.110. The Labute approximate surface area is 77.8 Å². The van der Waals surface area contributed by atoms with Crippen LogP contribution in [0, 0.1) is 11.3 Å². The van der Waals surface area contributed by atoms with Crippen LogP contribution in [-0.2, 0) is 0 Å². The maximum Gasteiger partial charge on any atom is 0.0991 e. The van der Waals surface area contributed by atoms with Crippen LogP contribution in [0.3, 0.4) is 0 Å². The van der Waals surface area contributed by atoms with Crippen molar-refractivity contribution in [3.05, 3.63) is 42.0 Å². The van der Waals surface area contributed by atoms with E-state index in [1.165, 1.54) is 0 Å². The average Bonchev–Trinajstić information content (AvgIpc) is 2.18. The molecule has 0 unspecified atom stereocenters. The highest BCUT2D eigenvalue weighted by atomic mass is 16.2. The zero-order chi connectivity index (χ0) is 9.68. The van der Waals surface area contributed by atoms with Gasteiger partial charge in [-0.15, -0.1) is 0 Å². The number of nitriles is 1. The molecule has 0 saturated heterocycles. The molecule has 0 amide bonds. The van der Waals surface area contributed by atoms with Gasteiger partial charge in [0.15, 0.2) is 0 Å². The van der Waals surface area contributed by atoms with Gasteiger partial charge in [-0.05, 0) is 29.7 Å². The van der Waals surface area contributed by atoms with E-state index < -0.39 is 0 Å². The summed E-state index contributed by atoms with van der Waals surface area (Å²) in [7, 11) is 0. The third-order valence-electron chi connectivity index (χ3n) is 1.84. The highest BCUT2D eigenvalue weighted by molar-refractivity contribution is 5.63. The van der Waals surface area contributed by atoms with E-state index in [4.69, 9.17) is 10.4 Å². The van der Waals surface area contributed by atoms with Crippen LogP contribution in [0.25, 0.3) is 5.57 Å². The van der Waals surface area contributed by atoms with Crippen molar-refractivity contribution >= 4 is 5.57 Å². The minimum Gasteiger partial charge on any atom is -0.396 e. The molecular formula is C11H11NO. The molecule has 0 bridgehead atoms. The second-order valence-corrected chi connectivity index (χ2v) is 2.77. The molecule has 0 aliphatic heterocycles. The number of hydrogen-bond donors (Lipinski definition) is 1. The molecule has 1 aromatic rings. The van der Waals surface area contributed by atoms with Gasteiger partial charge in [0.25, 0.3) is 0 Å². The minimum absolute atomic E-state index is 0.110. The molecule has 0 heterocycles. The van der Waals surface area contributed by atoms with Crippen LogP contribution in [0.2, 0.25) is 0 Å². The summed E-state index contributed by atoms with van der Waals surface area (Å²) in [5.74, 6) is 0. The van der Waals surface area contributed by atoms with Gasteiger partial charge >= 0.3 is 0 Å². The Morgan fingerprint density at radius 2 is 2.00 bits per heavy atom. The van der Waals surface area contributed by atoms with E-state index in [1.54, 1.807) is 12.1 Å². The molecule has 2 heteroatoms. The van der Waals surface area contributed by atoms with Crippen LogP contribution in [0.15, 0.2) is 30.8 Å². The first-order chi connectivity index (χ1) is 6.27. The maximum absolute atomic E-state index is 8.69. The number of rotatable bonds is 3. The van der Waals surface area contributed by atoms with Gasteiger partial charge in [0.2, 0.25) is 0 Å². The predicted molar refractivity (Wildman–Crippen MR) is 51.9 cm³/mol. The highest BCUT2D eigenvalue weighted by Gasteiger charge is 1.97. The van der Waals surface area contributed by atoms with Crippen molar-refractivity contribution in [1.82, 2.24) is 0 Å². The largest absolute Gasteiger partial charge is 0.396 e. The molecule has 0 saturated carbocycles. The SMILES string of the molecule is C=C(CCO)c1ccc(C#N)cc1. The summed E-state index contributed by atoms with van der Waals surface area (Å²) in [6.07, 6.45) is 0.575. The van der Waals surface area contributed by atoms with Crippen LogP contribution < -0.4 is 0 Å². The van der Waals surface area contributed by atoms with Gasteiger partial charge in [-0.1, -0.05) is 18.7 Å². The van der Waals surface area contributed by atoms with Crippen LogP contribution >= 0.6 is 0 Å². The first-order valence-electron chi connectivity index (χ1n) is 4.07. The number of nitrogens with zero attached hydrogens (tertiary/aromatic N) is 1. The van der Waals surface area contributed by atoms with Gasteiger partial charge in [-0.2, -0.15) is 5.26 Å². The van der Waals surface area contributed by atoms with Crippen molar-refractivity contribution in [2.24, 2.45) is 0 Å². The van der Waals surface area contributed by atoms with Gasteiger partial charge in [-0.25, -0.2) is 0 Å². The predicted octanol–water partition coefficient (Wildman–Crippen LogP) is 1.95. The van der Waals surface area contributed by atoms with Crippen molar-refractivity contribution in [1.29, 1.82) is 5.26 Å². The lowest BCUT2D eigenvalue weighted by atomic mass is 10.0. The van der Waals surface area contributed by atoms with Crippen molar-refractivity contribution in [3.63, 3.8) is 0 Å². The summed E-state index contributed by atoms with van der Waals surface area (Å²) in [6.45, 7) is 3.94. The van der Waals surface area contributed by atoms with Gasteiger partial charge in [0.1, 0.15) is 0 Å². The van der Waals surface area contributed by atoms with Gasteiger partial charge in [0.05, 0.1) is 11.6 Å². The van der Waals surface area contributed by atoms with E-state index in [1.807, 2.05) is 18.2 Å². The number of hydrogen-bond acceptors (Lipinski definition) is 2. The Hall–Kier alpha value is -1.59. The molecule has 0 atom stereocenters. The first kappa shape index (κ1) is 9.50. The molecule has 13 heavy (non-hydrogen) atoms. The van der Waals surface area contributed by atoms with Crippen molar-refractivity contribution in [3.8, 4) is 6.07 Å². The van der Waals surface area contributed by atoms with Gasteiger partial charge in [0, 0.05) is 6.61 Å². The number of aliphatic hydroxyl groups excluding tert-OH is 1. The third-order valence-corrected chi connectivity index (χ3v) is 1.84. The van der Waals surface area contributed by atoms with Crippen LogP contribution in [0.5, 0.6) is 0 Å². The Kier molecular flexibility index (Phi) is 3.24. The zero-order valence-corrected chi connectivity index (χ0v) is 7.33. The third kappa shape index (κ3) is 2.43. The molecule has 0 radical (unpaired) electrons. The van der Waals surface area contributed by atoms with Gasteiger partial charge in [-0.3, -0.25) is 0 Å². The summed E-state index contributed by atoms with van der Waals surface area (Å²) in [4.78, 5) is 0. The van der Waals surface area contributed by atoms with Crippen molar-refractivity contribution in [2.75, 3.05) is 6.61 Å². The second-order valence-electron chi connectivity index (χ2n) is 2.77. The Morgan fingerprint density at radius 3 is 2.46 bits per heavy atom. The lowest BCUT2D eigenvalue weighted by molar-refractivity contribution is 0.305. The van der Waals surface area contributed by atoms with E-state index >= 15 is 0 Å². The smallest absolute Gasteiger partial charge is 0.0991 e. The van der Waals surface area contributed by atoms with E-state index in [9.17, 15) is 0 Å². The molecule has 1 aromatic carbocycles. The quantitative estimate of drug-likeness (QED) is 0.759. The Bertz CT molecular complexity index is 332. The summed E-state index contributed by atoms with van der Waals surface area (Å²) < 4.78 is 0. The molecule has 66 valence electrons. The topological polar surface area (TPSA) is 44.0 Å². The summed E-state index contributed by atoms with van der Waals surface area (Å²) in [5, 5.41) is 17.2. The molecule has 0 fully saturated rings. The van der Waals surface area contributed by atoms with E-state index in [0.29, 0.717) is 12.0 Å². The Balaban J connectivity index is 2.81. The average molecular weight is 173 g/mol. The van der Waals surface area contributed by atoms with Crippen LogP contribution in [0.4, 0.5) is 0 Å².